The number of ether oxygens (including phenoxy) is 2. The number of nitrogens with one attached hydrogen (secondary N) is 3. The van der Waals surface area contributed by atoms with Crippen molar-refractivity contribution in [1.82, 2.24) is 15.6 Å². The Hall–Kier alpha value is -2.85. The highest BCUT2D eigenvalue weighted by Crippen LogP contribution is 2.36. The highest BCUT2D eigenvalue weighted by atomic mass is 19.4. The van der Waals surface area contributed by atoms with Crippen molar-refractivity contribution in [2.75, 3.05) is 18.4 Å². The van der Waals surface area contributed by atoms with Crippen molar-refractivity contribution < 1.29 is 27.4 Å². The van der Waals surface area contributed by atoms with Crippen LogP contribution in [-0.2, 0) is 17.5 Å². The predicted octanol–water partition coefficient (Wildman–Crippen LogP) is 4.88. The molecule has 1 saturated carbocycles. The van der Waals surface area contributed by atoms with Crippen LogP contribution in [0.25, 0.3) is 0 Å². The molecule has 0 spiro atoms. The Bertz CT molecular complexity index is 960. The third kappa shape index (κ3) is 7.57. The number of alkyl halides is 3. The van der Waals surface area contributed by atoms with Crippen molar-refractivity contribution >= 4 is 11.7 Å². The summed E-state index contributed by atoms with van der Waals surface area (Å²) in [5.41, 5.74) is 0.241. The monoisotopic (exact) mass is 492 g/mol. The molecule has 1 aromatic carbocycles. The summed E-state index contributed by atoms with van der Waals surface area (Å²) in [5.74, 6) is 0.244. The smallest absolute Gasteiger partial charge is 0.416 e. The van der Waals surface area contributed by atoms with Crippen LogP contribution in [0.2, 0.25) is 0 Å². The topological polar surface area (TPSA) is 84.5 Å². The van der Waals surface area contributed by atoms with E-state index in [2.05, 4.69) is 20.9 Å². The number of benzene rings is 1. The molecule has 1 aromatic heterocycles. The van der Waals surface area contributed by atoms with Gasteiger partial charge in [-0.15, -0.1) is 0 Å². The third-order valence-corrected chi connectivity index (χ3v) is 6.38. The van der Waals surface area contributed by atoms with Crippen molar-refractivity contribution in [3.05, 3.63) is 53.9 Å². The molecule has 2 amide bonds. The molecule has 35 heavy (non-hydrogen) atoms. The van der Waals surface area contributed by atoms with Crippen molar-refractivity contribution in [3.63, 3.8) is 0 Å². The molecule has 10 heteroatoms. The minimum absolute atomic E-state index is 0.0187. The van der Waals surface area contributed by atoms with Gasteiger partial charge in [0, 0.05) is 18.4 Å². The first-order valence-corrected chi connectivity index (χ1v) is 12.0. The molecule has 2 heterocycles. The first-order valence-electron chi connectivity index (χ1n) is 12.0. The van der Waals surface area contributed by atoms with Gasteiger partial charge in [0.05, 0.1) is 24.0 Å². The fraction of sp³-hybridized carbons (Fsp3) is 0.520. The molecular formula is C25H31F3N4O3. The zero-order valence-electron chi connectivity index (χ0n) is 19.4. The standard InChI is InChI=1S/C25H31F3N4O3/c26-25(27,28)18-1-6-23(35-21-9-13-30-14-10-21)22(15-18)32-24(33)31-19-2-4-20(5-3-19)34-16-17-7-11-29-12-8-17/h1,6-8,11-12,15,19-21,30H,2-5,9-10,13-14,16H2,(H2,31,32,33)/t19-,20-. The maximum Gasteiger partial charge on any atom is 0.416 e. The number of carbonyl (C=O) groups excluding carboxylic acids is 1. The fourth-order valence-corrected chi connectivity index (χ4v) is 4.41. The van der Waals surface area contributed by atoms with Crippen molar-refractivity contribution in [3.8, 4) is 5.75 Å². The van der Waals surface area contributed by atoms with Crippen LogP contribution in [-0.4, -0.2) is 42.4 Å². The zero-order chi connectivity index (χ0) is 24.7. The van der Waals surface area contributed by atoms with Gasteiger partial charge in [-0.05, 0) is 87.5 Å². The third-order valence-electron chi connectivity index (χ3n) is 6.38. The summed E-state index contributed by atoms with van der Waals surface area (Å²) in [5, 5.41) is 8.70. The largest absolute Gasteiger partial charge is 0.488 e. The summed E-state index contributed by atoms with van der Waals surface area (Å²) in [6, 6.07) is 6.40. The van der Waals surface area contributed by atoms with Crippen LogP contribution in [0.3, 0.4) is 0 Å². The Morgan fingerprint density at radius 1 is 1.00 bits per heavy atom. The number of hydrogen-bond donors (Lipinski definition) is 3. The second kappa shape index (κ2) is 11.7. The average molecular weight is 493 g/mol. The van der Waals surface area contributed by atoms with Gasteiger partial charge in [0.25, 0.3) is 0 Å². The van der Waals surface area contributed by atoms with Crippen LogP contribution in [0.1, 0.15) is 49.7 Å². The molecule has 1 aliphatic carbocycles. The van der Waals surface area contributed by atoms with Gasteiger partial charge in [0.2, 0.25) is 0 Å². The average Bonchev–Trinajstić information content (AvgIpc) is 2.85. The second-order valence-corrected chi connectivity index (χ2v) is 9.01. The summed E-state index contributed by atoms with van der Waals surface area (Å²) < 4.78 is 51.8. The van der Waals surface area contributed by atoms with E-state index < -0.39 is 17.8 Å². The lowest BCUT2D eigenvalue weighted by Crippen LogP contribution is -2.41. The summed E-state index contributed by atoms with van der Waals surface area (Å²) in [6.45, 7) is 2.08. The van der Waals surface area contributed by atoms with Crippen molar-refractivity contribution in [1.29, 1.82) is 0 Å². The van der Waals surface area contributed by atoms with Gasteiger partial charge >= 0.3 is 12.2 Å². The Morgan fingerprint density at radius 2 is 1.71 bits per heavy atom. The van der Waals surface area contributed by atoms with E-state index in [4.69, 9.17) is 9.47 Å². The lowest BCUT2D eigenvalue weighted by Gasteiger charge is -2.29. The van der Waals surface area contributed by atoms with Gasteiger partial charge in [-0.2, -0.15) is 13.2 Å². The summed E-state index contributed by atoms with van der Waals surface area (Å²) >= 11 is 0. The molecule has 7 nitrogen and oxygen atoms in total. The second-order valence-electron chi connectivity index (χ2n) is 9.01. The van der Waals surface area contributed by atoms with E-state index in [1.165, 1.54) is 6.07 Å². The molecule has 1 aliphatic heterocycles. The molecule has 2 aliphatic rings. The van der Waals surface area contributed by atoms with Gasteiger partial charge in [-0.1, -0.05) is 0 Å². The molecule has 2 fully saturated rings. The SMILES string of the molecule is O=C(Nc1cc(C(F)(F)F)ccc1OC1CCNCC1)N[C@H]1CC[C@H](OCc2ccncc2)CC1. The number of amides is 2. The number of halogens is 3. The quantitative estimate of drug-likeness (QED) is 0.513. The summed E-state index contributed by atoms with van der Waals surface area (Å²) in [6.07, 6.45) is 3.49. The number of piperidine rings is 1. The van der Waals surface area contributed by atoms with Gasteiger partial charge in [-0.25, -0.2) is 4.79 Å². The number of carbonyl (C=O) groups is 1. The number of hydrogen-bond acceptors (Lipinski definition) is 5. The number of aromatic nitrogens is 1. The number of pyridine rings is 1. The molecule has 0 bridgehead atoms. The number of rotatable bonds is 7. The normalized spacial score (nSPS) is 21.3. The van der Waals surface area contributed by atoms with Crippen molar-refractivity contribution in [2.24, 2.45) is 0 Å². The van der Waals surface area contributed by atoms with Gasteiger partial charge in [-0.3, -0.25) is 4.98 Å². The Labute approximate surface area is 202 Å². The highest BCUT2D eigenvalue weighted by molar-refractivity contribution is 5.91. The Kier molecular flexibility index (Phi) is 8.46. The van der Waals surface area contributed by atoms with Crippen LogP contribution in [0.4, 0.5) is 23.7 Å². The molecule has 4 rings (SSSR count). The summed E-state index contributed by atoms with van der Waals surface area (Å²) in [4.78, 5) is 16.7. The van der Waals surface area contributed by atoms with Crippen LogP contribution in [0, 0.1) is 0 Å². The van der Waals surface area contributed by atoms with Crippen LogP contribution in [0.15, 0.2) is 42.7 Å². The Morgan fingerprint density at radius 3 is 2.40 bits per heavy atom. The molecule has 0 radical (unpaired) electrons. The van der Waals surface area contributed by atoms with E-state index in [0.717, 1.165) is 69.3 Å². The number of anilines is 1. The summed E-state index contributed by atoms with van der Waals surface area (Å²) in [7, 11) is 0. The number of urea groups is 1. The molecule has 190 valence electrons. The van der Waals surface area contributed by atoms with E-state index >= 15 is 0 Å². The first kappa shape index (κ1) is 25.2. The maximum atomic E-state index is 13.3. The zero-order valence-corrected chi connectivity index (χ0v) is 19.4. The van der Waals surface area contributed by atoms with Crippen LogP contribution in [0.5, 0.6) is 5.75 Å². The van der Waals surface area contributed by atoms with E-state index in [1.54, 1.807) is 12.4 Å². The predicted molar refractivity (Wildman–Crippen MR) is 125 cm³/mol. The number of nitrogens with zero attached hydrogens (tertiary/aromatic N) is 1. The van der Waals surface area contributed by atoms with E-state index in [1.807, 2.05) is 12.1 Å². The first-order chi connectivity index (χ1) is 16.9. The molecule has 2 aromatic rings. The van der Waals surface area contributed by atoms with E-state index in [9.17, 15) is 18.0 Å². The van der Waals surface area contributed by atoms with E-state index in [0.29, 0.717) is 6.61 Å². The lowest BCUT2D eigenvalue weighted by molar-refractivity contribution is -0.137. The van der Waals surface area contributed by atoms with Crippen LogP contribution < -0.4 is 20.7 Å². The van der Waals surface area contributed by atoms with Gasteiger partial charge in [0.15, 0.2) is 0 Å². The molecule has 0 unspecified atom stereocenters. The van der Waals surface area contributed by atoms with Crippen LogP contribution >= 0.6 is 0 Å². The fourth-order valence-electron chi connectivity index (χ4n) is 4.41. The van der Waals surface area contributed by atoms with Crippen molar-refractivity contribution in [2.45, 2.75) is 69.6 Å². The minimum atomic E-state index is -4.52. The molecule has 0 atom stereocenters. The molecule has 3 N–H and O–H groups in total. The lowest BCUT2D eigenvalue weighted by atomic mass is 9.93. The minimum Gasteiger partial charge on any atom is -0.488 e. The Balaban J connectivity index is 1.31. The van der Waals surface area contributed by atoms with E-state index in [-0.39, 0.29) is 29.7 Å². The van der Waals surface area contributed by atoms with Gasteiger partial charge < -0.3 is 25.4 Å². The molecule has 1 saturated heterocycles. The highest BCUT2D eigenvalue weighted by Gasteiger charge is 2.32. The van der Waals surface area contributed by atoms with Gasteiger partial charge in [0.1, 0.15) is 11.9 Å². The molecular weight excluding hydrogens is 461 g/mol. The maximum absolute atomic E-state index is 13.3.